The Bertz CT molecular complexity index is 857. The first-order valence-corrected chi connectivity index (χ1v) is 6.76. The summed E-state index contributed by atoms with van der Waals surface area (Å²) < 4.78 is 1.74. The fraction of sp³-hybridized carbons (Fsp3) is 0.0588. The molecule has 1 aromatic carbocycles. The van der Waals surface area contributed by atoms with Crippen molar-refractivity contribution in [1.82, 2.24) is 19.7 Å². The Balaban J connectivity index is 1.89. The minimum absolute atomic E-state index is 0.565. The molecule has 5 nitrogen and oxygen atoms in total. The van der Waals surface area contributed by atoms with E-state index < -0.39 is 0 Å². The molecule has 3 aromatic rings. The van der Waals surface area contributed by atoms with E-state index in [1.165, 1.54) is 6.33 Å². The van der Waals surface area contributed by atoms with Gasteiger partial charge in [0.25, 0.3) is 0 Å². The Kier molecular flexibility index (Phi) is 3.75. The molecule has 0 aliphatic heterocycles. The molecule has 0 unspecified atom stereocenters. The summed E-state index contributed by atoms with van der Waals surface area (Å²) in [6.45, 7) is 2.03. The zero-order valence-electron chi connectivity index (χ0n) is 12.0. The van der Waals surface area contributed by atoms with E-state index in [9.17, 15) is 0 Å². The van der Waals surface area contributed by atoms with Crippen LogP contribution in [-0.2, 0) is 0 Å². The number of hydrogen-bond donors (Lipinski definition) is 0. The van der Waals surface area contributed by atoms with E-state index >= 15 is 0 Å². The summed E-state index contributed by atoms with van der Waals surface area (Å²) in [6, 6.07) is 10.0. The molecule has 0 fully saturated rings. The second kappa shape index (κ2) is 6.02. The smallest absolute Gasteiger partial charge is 0.138 e. The predicted octanol–water partition coefficient (Wildman–Crippen LogP) is 3.01. The van der Waals surface area contributed by atoms with E-state index in [0.717, 1.165) is 22.4 Å². The largest absolute Gasteiger partial charge is 0.263 e. The van der Waals surface area contributed by atoms with Crippen LogP contribution in [-0.4, -0.2) is 19.7 Å². The van der Waals surface area contributed by atoms with Crippen LogP contribution in [0, 0.1) is 18.3 Å². The molecule has 0 atom stereocenters. The molecule has 2 heterocycles. The highest BCUT2D eigenvalue weighted by Crippen LogP contribution is 2.17. The number of pyridine rings is 1. The topological polar surface area (TPSA) is 67.4 Å². The first kappa shape index (κ1) is 13.7. The maximum atomic E-state index is 9.06. The van der Waals surface area contributed by atoms with Crippen LogP contribution in [0.5, 0.6) is 0 Å². The van der Waals surface area contributed by atoms with Crippen molar-refractivity contribution < 1.29 is 0 Å². The lowest BCUT2D eigenvalue weighted by atomic mass is 10.1. The van der Waals surface area contributed by atoms with Gasteiger partial charge < -0.3 is 0 Å². The Morgan fingerprint density at radius 2 is 2.09 bits per heavy atom. The van der Waals surface area contributed by atoms with Gasteiger partial charge >= 0.3 is 0 Å². The fourth-order valence-electron chi connectivity index (χ4n) is 2.20. The number of aryl methyl sites for hydroxylation is 1. The quantitative estimate of drug-likeness (QED) is 0.742. The molecular formula is C17H13N5. The molecule has 0 spiro atoms. The maximum Gasteiger partial charge on any atom is 0.138 e. The molecule has 106 valence electrons. The van der Waals surface area contributed by atoms with Gasteiger partial charge in [-0.1, -0.05) is 18.2 Å². The molecule has 0 radical (unpaired) electrons. The van der Waals surface area contributed by atoms with Gasteiger partial charge in [-0.25, -0.2) is 9.67 Å². The van der Waals surface area contributed by atoms with Crippen molar-refractivity contribution in [3.8, 4) is 11.8 Å². The normalized spacial score (nSPS) is 10.7. The monoisotopic (exact) mass is 287 g/mol. The second-order valence-corrected chi connectivity index (χ2v) is 4.79. The van der Waals surface area contributed by atoms with E-state index in [0.29, 0.717) is 5.56 Å². The SMILES string of the molecule is Cc1cc(C=Cc2ccncc2C#N)ccc1-n1cncn1. The average molecular weight is 287 g/mol. The van der Waals surface area contributed by atoms with Gasteiger partial charge in [0.05, 0.1) is 11.3 Å². The van der Waals surface area contributed by atoms with E-state index in [2.05, 4.69) is 27.2 Å². The summed E-state index contributed by atoms with van der Waals surface area (Å²) in [4.78, 5) is 7.91. The number of benzene rings is 1. The highest BCUT2D eigenvalue weighted by molar-refractivity contribution is 5.72. The Labute approximate surface area is 128 Å². The van der Waals surface area contributed by atoms with Crippen molar-refractivity contribution in [2.75, 3.05) is 0 Å². The molecule has 0 saturated heterocycles. The van der Waals surface area contributed by atoms with Crippen molar-refractivity contribution in [3.05, 3.63) is 71.6 Å². The lowest BCUT2D eigenvalue weighted by Gasteiger charge is -2.06. The number of nitriles is 1. The number of hydrogen-bond acceptors (Lipinski definition) is 4. The number of nitrogens with zero attached hydrogens (tertiary/aromatic N) is 5. The summed E-state index contributed by atoms with van der Waals surface area (Å²) in [7, 11) is 0. The zero-order chi connectivity index (χ0) is 15.4. The lowest BCUT2D eigenvalue weighted by molar-refractivity contribution is 0.871. The van der Waals surface area contributed by atoms with Crippen LogP contribution >= 0.6 is 0 Å². The van der Waals surface area contributed by atoms with Crippen LogP contribution in [0.25, 0.3) is 17.8 Å². The molecule has 22 heavy (non-hydrogen) atoms. The highest BCUT2D eigenvalue weighted by atomic mass is 15.3. The van der Waals surface area contributed by atoms with Crippen molar-refractivity contribution in [2.45, 2.75) is 6.92 Å². The minimum atomic E-state index is 0.565. The first-order chi connectivity index (χ1) is 10.8. The van der Waals surface area contributed by atoms with Gasteiger partial charge in [0.2, 0.25) is 0 Å². The first-order valence-electron chi connectivity index (χ1n) is 6.76. The van der Waals surface area contributed by atoms with Crippen LogP contribution in [0.15, 0.2) is 49.3 Å². The molecule has 0 saturated carbocycles. The van der Waals surface area contributed by atoms with Crippen molar-refractivity contribution in [1.29, 1.82) is 5.26 Å². The van der Waals surface area contributed by atoms with E-state index in [1.807, 2.05) is 37.3 Å². The Morgan fingerprint density at radius 3 is 2.82 bits per heavy atom. The molecule has 5 heteroatoms. The van der Waals surface area contributed by atoms with Crippen LogP contribution in [0.3, 0.4) is 0 Å². The highest BCUT2D eigenvalue weighted by Gasteiger charge is 2.02. The van der Waals surface area contributed by atoms with E-state index in [4.69, 9.17) is 5.26 Å². The molecule has 0 amide bonds. The number of aromatic nitrogens is 4. The van der Waals surface area contributed by atoms with Gasteiger partial charge in [-0.05, 0) is 41.8 Å². The summed E-state index contributed by atoms with van der Waals surface area (Å²) >= 11 is 0. The Hall–Kier alpha value is -3.26. The Morgan fingerprint density at radius 1 is 1.18 bits per heavy atom. The summed E-state index contributed by atoms with van der Waals surface area (Å²) in [5.74, 6) is 0. The third-order valence-electron chi connectivity index (χ3n) is 3.32. The summed E-state index contributed by atoms with van der Waals surface area (Å²) in [5, 5.41) is 13.2. The summed E-state index contributed by atoms with van der Waals surface area (Å²) in [5.41, 5.74) is 4.58. The van der Waals surface area contributed by atoms with Gasteiger partial charge in [-0.3, -0.25) is 4.98 Å². The van der Waals surface area contributed by atoms with Gasteiger partial charge in [0.1, 0.15) is 18.7 Å². The second-order valence-electron chi connectivity index (χ2n) is 4.79. The van der Waals surface area contributed by atoms with Gasteiger partial charge in [-0.2, -0.15) is 10.4 Å². The van der Waals surface area contributed by atoms with Crippen LogP contribution in [0.2, 0.25) is 0 Å². The molecule has 0 aliphatic carbocycles. The van der Waals surface area contributed by atoms with Crippen LogP contribution in [0.4, 0.5) is 0 Å². The summed E-state index contributed by atoms with van der Waals surface area (Å²) in [6.07, 6.45) is 10.3. The standard InChI is InChI=1S/C17H13N5/c1-13-8-14(3-5-17(13)22-12-20-11-21-22)2-4-15-6-7-19-10-16(15)9-18/h2-8,10-12H,1H3. The molecular weight excluding hydrogens is 274 g/mol. The fourth-order valence-corrected chi connectivity index (χ4v) is 2.20. The van der Waals surface area contributed by atoms with Crippen molar-refractivity contribution >= 4 is 12.2 Å². The zero-order valence-corrected chi connectivity index (χ0v) is 12.0. The third-order valence-corrected chi connectivity index (χ3v) is 3.32. The van der Waals surface area contributed by atoms with E-state index in [-0.39, 0.29) is 0 Å². The molecule has 2 aromatic heterocycles. The van der Waals surface area contributed by atoms with Crippen LogP contribution < -0.4 is 0 Å². The van der Waals surface area contributed by atoms with Crippen molar-refractivity contribution in [2.24, 2.45) is 0 Å². The van der Waals surface area contributed by atoms with E-state index in [1.54, 1.807) is 23.4 Å². The average Bonchev–Trinajstić information content (AvgIpc) is 3.07. The lowest BCUT2D eigenvalue weighted by Crippen LogP contribution is -1.97. The van der Waals surface area contributed by atoms with Crippen molar-refractivity contribution in [3.63, 3.8) is 0 Å². The molecule has 3 rings (SSSR count). The maximum absolute atomic E-state index is 9.06. The molecule has 0 bridgehead atoms. The molecule has 0 aliphatic rings. The van der Waals surface area contributed by atoms with Gasteiger partial charge in [0, 0.05) is 12.4 Å². The minimum Gasteiger partial charge on any atom is -0.263 e. The third kappa shape index (κ3) is 2.76. The van der Waals surface area contributed by atoms with Gasteiger partial charge in [-0.15, -0.1) is 0 Å². The van der Waals surface area contributed by atoms with Gasteiger partial charge in [0.15, 0.2) is 0 Å². The predicted molar refractivity (Wildman–Crippen MR) is 84.0 cm³/mol. The molecule has 0 N–H and O–H groups in total. The van der Waals surface area contributed by atoms with Crippen LogP contribution in [0.1, 0.15) is 22.3 Å². The number of rotatable bonds is 3.